The number of Topliss-reactive ketones (excluding diaryl/α,β-unsaturated/α-hetero) is 1. The van der Waals surface area contributed by atoms with Gasteiger partial charge in [0.25, 0.3) is 0 Å². The first-order valence-corrected chi connectivity index (χ1v) is 6.81. The Hall–Kier alpha value is -0.770. The van der Waals surface area contributed by atoms with Crippen molar-refractivity contribution >= 4 is 5.78 Å². The number of aliphatic hydroxyl groups excluding tert-OH is 11. The molecular weight excluding hydrogens is 336 g/mol. The molecule has 7 atom stereocenters. The highest BCUT2D eigenvalue weighted by Crippen LogP contribution is 2.04. The van der Waals surface area contributed by atoms with E-state index in [9.17, 15) is 4.79 Å². The minimum Gasteiger partial charge on any atom is -0.394 e. The van der Waals surface area contributed by atoms with E-state index in [0.717, 1.165) is 0 Å². The van der Waals surface area contributed by atoms with Crippen molar-refractivity contribution in [3.8, 4) is 0 Å². The smallest absolute Gasteiger partial charge is 0.189 e. The molecule has 146 valence electrons. The molecule has 0 aliphatic heterocycles. The van der Waals surface area contributed by atoms with Crippen molar-refractivity contribution in [1.29, 1.82) is 0 Å². The lowest BCUT2D eigenvalue weighted by Crippen LogP contribution is -2.46. The minimum absolute atomic E-state index is 0.726. The van der Waals surface area contributed by atoms with Crippen LogP contribution in [-0.4, -0.2) is 131 Å². The Kier molecular flexibility index (Phi) is 14.3. The van der Waals surface area contributed by atoms with Gasteiger partial charge >= 0.3 is 0 Å². The van der Waals surface area contributed by atoms with Crippen molar-refractivity contribution in [3.63, 3.8) is 0 Å². The van der Waals surface area contributed by atoms with E-state index >= 15 is 0 Å². The topological polar surface area (TPSA) is 240 Å². The predicted octanol–water partition coefficient (Wildman–Crippen LogP) is -6.96. The molecule has 11 N–H and O–H groups in total. The van der Waals surface area contributed by atoms with Crippen molar-refractivity contribution in [3.05, 3.63) is 0 Å². The highest BCUT2D eigenvalue weighted by atomic mass is 16.4. The van der Waals surface area contributed by atoms with Gasteiger partial charge in [-0.2, -0.15) is 0 Å². The van der Waals surface area contributed by atoms with Crippen molar-refractivity contribution in [1.82, 2.24) is 0 Å². The molecule has 0 aromatic carbocycles. The molecule has 0 saturated carbocycles. The van der Waals surface area contributed by atoms with Gasteiger partial charge in [0.2, 0.25) is 0 Å². The molecule has 0 radical (unpaired) electrons. The van der Waals surface area contributed by atoms with Crippen LogP contribution >= 0.6 is 0 Å². The summed E-state index contributed by atoms with van der Waals surface area (Å²) in [5.41, 5.74) is 0. The highest BCUT2D eigenvalue weighted by Gasteiger charge is 2.29. The van der Waals surface area contributed by atoms with Gasteiger partial charge in [0.15, 0.2) is 5.78 Å². The molecule has 12 heteroatoms. The van der Waals surface area contributed by atoms with Crippen LogP contribution in [0.5, 0.6) is 0 Å². The van der Waals surface area contributed by atoms with Gasteiger partial charge in [-0.25, -0.2) is 0 Å². The number of carbonyl (C=O) groups excluding carboxylic acids is 1. The fourth-order valence-electron chi connectivity index (χ4n) is 1.27. The zero-order chi connectivity index (χ0) is 19.4. The maximum Gasteiger partial charge on any atom is 0.189 e. The average molecular weight is 362 g/mol. The summed E-state index contributed by atoms with van der Waals surface area (Å²) < 4.78 is 0. The quantitative estimate of drug-likeness (QED) is 0.174. The maximum absolute atomic E-state index is 10.5. The summed E-state index contributed by atoms with van der Waals surface area (Å²) >= 11 is 0. The molecule has 24 heavy (non-hydrogen) atoms. The van der Waals surface area contributed by atoms with Crippen molar-refractivity contribution in [2.24, 2.45) is 0 Å². The number of hydrogen-bond acceptors (Lipinski definition) is 12. The van der Waals surface area contributed by atoms with Gasteiger partial charge in [-0.3, -0.25) is 4.79 Å². The average Bonchev–Trinajstić information content (AvgIpc) is 2.62. The Morgan fingerprint density at radius 1 is 0.583 bits per heavy atom. The molecule has 12 nitrogen and oxygen atoms in total. The van der Waals surface area contributed by atoms with Crippen molar-refractivity contribution in [2.45, 2.75) is 42.7 Å². The van der Waals surface area contributed by atoms with E-state index in [1.165, 1.54) is 0 Å². The number of carbonyl (C=O) groups is 1. The van der Waals surface area contributed by atoms with Crippen LogP contribution < -0.4 is 0 Å². The van der Waals surface area contributed by atoms with Gasteiger partial charge in [0.1, 0.15) is 49.3 Å². The lowest BCUT2D eigenvalue weighted by Gasteiger charge is -2.24. The molecule has 0 aromatic heterocycles. The number of hydrogen-bond donors (Lipinski definition) is 11. The molecule has 0 aliphatic rings. The second-order valence-electron chi connectivity index (χ2n) is 4.79. The summed E-state index contributed by atoms with van der Waals surface area (Å²) in [5.74, 6) is -1.00. The molecule has 0 bridgehead atoms. The third kappa shape index (κ3) is 8.91. The first kappa shape index (κ1) is 25.5. The Morgan fingerprint density at radius 3 is 1.12 bits per heavy atom. The van der Waals surface area contributed by atoms with Crippen molar-refractivity contribution in [2.75, 3.05) is 26.4 Å². The largest absolute Gasteiger partial charge is 0.394 e. The van der Waals surface area contributed by atoms with E-state index in [1.54, 1.807) is 0 Å². The van der Waals surface area contributed by atoms with Crippen LogP contribution in [0.2, 0.25) is 0 Å². The molecule has 0 fully saturated rings. The number of rotatable bonds is 10. The van der Waals surface area contributed by atoms with Gasteiger partial charge in [0.05, 0.1) is 19.8 Å². The van der Waals surface area contributed by atoms with Crippen LogP contribution in [0.1, 0.15) is 0 Å². The molecule has 0 rings (SSSR count). The first-order chi connectivity index (χ1) is 11.1. The molecule has 0 aromatic rings. The van der Waals surface area contributed by atoms with Gasteiger partial charge < -0.3 is 56.2 Å². The van der Waals surface area contributed by atoms with E-state index in [2.05, 4.69) is 0 Å². The summed E-state index contributed by atoms with van der Waals surface area (Å²) in [6, 6.07) is 0. The van der Waals surface area contributed by atoms with E-state index in [0.29, 0.717) is 0 Å². The summed E-state index contributed by atoms with van der Waals surface area (Å²) in [7, 11) is 0. The van der Waals surface area contributed by atoms with E-state index in [4.69, 9.17) is 56.2 Å². The maximum atomic E-state index is 10.5. The van der Waals surface area contributed by atoms with Gasteiger partial charge in [-0.1, -0.05) is 0 Å². The second kappa shape index (κ2) is 13.5. The van der Waals surface area contributed by atoms with Gasteiger partial charge in [-0.15, -0.1) is 0 Å². The third-order valence-corrected chi connectivity index (χ3v) is 2.90. The van der Waals surface area contributed by atoms with E-state index < -0.39 is 74.9 Å². The summed E-state index contributed by atoms with van der Waals surface area (Å²) in [5, 5.41) is 95.2. The van der Waals surface area contributed by atoms with Crippen LogP contribution in [0.4, 0.5) is 0 Å². The molecule has 0 aliphatic carbocycles. The Morgan fingerprint density at radius 2 is 0.875 bits per heavy atom. The van der Waals surface area contributed by atoms with Crippen LogP contribution in [0.3, 0.4) is 0 Å². The van der Waals surface area contributed by atoms with Crippen LogP contribution in [0, 0.1) is 0 Å². The Bertz CT molecular complexity index is 313. The zero-order valence-corrected chi connectivity index (χ0v) is 12.7. The molecule has 0 heterocycles. The monoisotopic (exact) mass is 362 g/mol. The summed E-state index contributed by atoms with van der Waals surface area (Å²) in [4.78, 5) is 10.5. The van der Waals surface area contributed by atoms with Gasteiger partial charge in [0, 0.05) is 0 Å². The third-order valence-electron chi connectivity index (χ3n) is 2.90. The first-order valence-electron chi connectivity index (χ1n) is 6.81. The Balaban J connectivity index is 0. The molecule has 0 amide bonds. The number of aliphatic hydroxyl groups is 11. The van der Waals surface area contributed by atoms with E-state index in [1.807, 2.05) is 0 Å². The number of ketones is 1. The second-order valence-corrected chi connectivity index (χ2v) is 4.79. The fraction of sp³-hybridized carbons (Fsp3) is 0.917. The molecular formula is C12H26O12. The normalized spacial score (nSPS) is 20.0. The van der Waals surface area contributed by atoms with Crippen LogP contribution in [0.25, 0.3) is 0 Å². The van der Waals surface area contributed by atoms with Crippen molar-refractivity contribution < 1.29 is 61.0 Å². The standard InChI is InChI=1S/C6H14O6.C6H12O6/c2*7-1-3(9)5(11)6(12)4(10)2-8/h3-12H,1-2H2;3,5-9,11-12H,1-2H2/t3-,4-,5-,6-;3-,5-,6-/m00/s1. The van der Waals surface area contributed by atoms with Crippen LogP contribution in [-0.2, 0) is 4.79 Å². The molecule has 0 saturated heterocycles. The zero-order valence-electron chi connectivity index (χ0n) is 12.7. The fourth-order valence-corrected chi connectivity index (χ4v) is 1.27. The SMILES string of the molecule is O=C(CO)[C@H](O)[C@@H](O)[C@@H](O)CO.OC[C@H](O)[C@H](O)[C@@H](O)[C@@H](O)CO. The lowest BCUT2D eigenvalue weighted by molar-refractivity contribution is -0.142. The highest BCUT2D eigenvalue weighted by molar-refractivity contribution is 5.84. The molecule has 0 spiro atoms. The van der Waals surface area contributed by atoms with Gasteiger partial charge in [-0.05, 0) is 0 Å². The Labute approximate surface area is 137 Å². The predicted molar refractivity (Wildman–Crippen MR) is 75.4 cm³/mol. The minimum atomic E-state index is -1.86. The van der Waals surface area contributed by atoms with Crippen LogP contribution in [0.15, 0.2) is 0 Å². The summed E-state index contributed by atoms with van der Waals surface area (Å²) in [6.07, 6.45) is -11.6. The summed E-state index contributed by atoms with van der Waals surface area (Å²) in [6.45, 7) is -3.14. The van der Waals surface area contributed by atoms with E-state index in [-0.39, 0.29) is 0 Å². The molecule has 0 unspecified atom stereocenters. The lowest BCUT2D eigenvalue weighted by atomic mass is 10.0.